The minimum atomic E-state index is -0.546. The number of halogens is 2. The van der Waals surface area contributed by atoms with E-state index in [0.29, 0.717) is 0 Å². The van der Waals surface area contributed by atoms with Crippen molar-refractivity contribution < 1.29 is 8.78 Å². The summed E-state index contributed by atoms with van der Waals surface area (Å²) in [5, 5.41) is 0. The van der Waals surface area contributed by atoms with Crippen LogP contribution in [0.3, 0.4) is 0 Å². The van der Waals surface area contributed by atoms with E-state index >= 15 is 0 Å². The van der Waals surface area contributed by atoms with Crippen molar-refractivity contribution in [2.75, 3.05) is 17.2 Å². The molecule has 1 saturated heterocycles. The largest absolute Gasteiger partial charge is 0.399 e. The van der Waals surface area contributed by atoms with E-state index in [2.05, 4.69) is 6.92 Å². The number of nitrogens with two attached hydrogens (primary N) is 1. The zero-order valence-corrected chi connectivity index (χ0v) is 10.8. The lowest BCUT2D eigenvalue weighted by Gasteiger charge is -2.38. The number of benzene rings is 1. The third-order valence-corrected chi connectivity index (χ3v) is 3.58. The zero-order chi connectivity index (χ0) is 13.1. The SMILES string of the molecule is CCCC1CCCCN1c1c(F)cc(N)cc1F. The maximum atomic E-state index is 13.9. The Morgan fingerprint density at radius 3 is 2.56 bits per heavy atom. The molecule has 1 heterocycles. The lowest BCUT2D eigenvalue weighted by atomic mass is 9.97. The molecule has 1 aliphatic rings. The van der Waals surface area contributed by atoms with Crippen molar-refractivity contribution in [1.82, 2.24) is 0 Å². The molecule has 18 heavy (non-hydrogen) atoms. The molecular weight excluding hydrogens is 234 g/mol. The Morgan fingerprint density at radius 1 is 1.28 bits per heavy atom. The summed E-state index contributed by atoms with van der Waals surface area (Å²) >= 11 is 0. The Labute approximate surface area is 107 Å². The molecular formula is C14H20F2N2. The van der Waals surface area contributed by atoms with E-state index in [4.69, 9.17) is 5.73 Å². The van der Waals surface area contributed by atoms with Gasteiger partial charge in [0.05, 0.1) is 0 Å². The first-order valence-corrected chi connectivity index (χ1v) is 6.64. The molecule has 0 aromatic heterocycles. The fourth-order valence-electron chi connectivity index (χ4n) is 2.79. The molecule has 100 valence electrons. The number of nitrogen functional groups attached to an aromatic ring is 1. The van der Waals surface area contributed by atoms with Gasteiger partial charge in [-0.2, -0.15) is 0 Å². The number of rotatable bonds is 3. The molecule has 2 N–H and O–H groups in total. The van der Waals surface area contributed by atoms with Gasteiger partial charge in [-0.15, -0.1) is 0 Å². The predicted octanol–water partition coefficient (Wildman–Crippen LogP) is 3.71. The summed E-state index contributed by atoms with van der Waals surface area (Å²) in [4.78, 5) is 1.89. The molecule has 0 bridgehead atoms. The van der Waals surface area contributed by atoms with Crippen molar-refractivity contribution in [3.8, 4) is 0 Å². The van der Waals surface area contributed by atoms with Crippen LogP contribution in [0.5, 0.6) is 0 Å². The molecule has 0 radical (unpaired) electrons. The molecule has 0 aliphatic carbocycles. The Hall–Kier alpha value is -1.32. The maximum Gasteiger partial charge on any atom is 0.151 e. The summed E-state index contributed by atoms with van der Waals surface area (Å²) in [6.07, 6.45) is 5.14. The van der Waals surface area contributed by atoms with Crippen LogP contribution >= 0.6 is 0 Å². The predicted molar refractivity (Wildman–Crippen MR) is 70.7 cm³/mol. The lowest BCUT2D eigenvalue weighted by Crippen LogP contribution is -2.40. The summed E-state index contributed by atoms with van der Waals surface area (Å²) in [7, 11) is 0. The van der Waals surface area contributed by atoms with Crippen molar-refractivity contribution in [3.05, 3.63) is 23.8 Å². The first-order chi connectivity index (χ1) is 8.63. The zero-order valence-electron chi connectivity index (χ0n) is 10.8. The van der Waals surface area contributed by atoms with Crippen LogP contribution in [-0.4, -0.2) is 12.6 Å². The molecule has 1 atom stereocenters. The van der Waals surface area contributed by atoms with Gasteiger partial charge in [-0.1, -0.05) is 13.3 Å². The van der Waals surface area contributed by atoms with Crippen molar-refractivity contribution in [2.24, 2.45) is 0 Å². The Morgan fingerprint density at radius 2 is 1.94 bits per heavy atom. The third-order valence-electron chi connectivity index (χ3n) is 3.58. The fraction of sp³-hybridized carbons (Fsp3) is 0.571. The smallest absolute Gasteiger partial charge is 0.151 e. The van der Waals surface area contributed by atoms with Gasteiger partial charge in [0.1, 0.15) is 5.69 Å². The van der Waals surface area contributed by atoms with Gasteiger partial charge in [0.2, 0.25) is 0 Å². The number of hydrogen-bond acceptors (Lipinski definition) is 2. The van der Waals surface area contributed by atoms with Crippen LogP contribution in [0.4, 0.5) is 20.2 Å². The van der Waals surface area contributed by atoms with Crippen LogP contribution in [0, 0.1) is 11.6 Å². The standard InChI is InChI=1S/C14H20F2N2/c1-2-5-11-6-3-4-7-18(11)14-12(15)8-10(17)9-13(14)16/h8-9,11H,2-7,17H2,1H3. The van der Waals surface area contributed by atoms with Gasteiger partial charge in [0.25, 0.3) is 0 Å². The van der Waals surface area contributed by atoms with E-state index in [0.717, 1.165) is 38.6 Å². The van der Waals surface area contributed by atoms with E-state index in [9.17, 15) is 8.78 Å². The number of nitrogens with zero attached hydrogens (tertiary/aromatic N) is 1. The normalized spacial score (nSPS) is 20.2. The lowest BCUT2D eigenvalue weighted by molar-refractivity contribution is 0.422. The average molecular weight is 254 g/mol. The van der Waals surface area contributed by atoms with Crippen LogP contribution in [0.1, 0.15) is 39.0 Å². The molecule has 1 aromatic rings. The second-order valence-electron chi connectivity index (χ2n) is 4.96. The highest BCUT2D eigenvalue weighted by Gasteiger charge is 2.26. The monoisotopic (exact) mass is 254 g/mol. The van der Waals surface area contributed by atoms with Crippen LogP contribution in [0.25, 0.3) is 0 Å². The maximum absolute atomic E-state index is 13.9. The molecule has 0 saturated carbocycles. The summed E-state index contributed by atoms with van der Waals surface area (Å²) in [6, 6.07) is 2.66. The van der Waals surface area contributed by atoms with E-state index in [1.807, 2.05) is 4.90 Å². The average Bonchev–Trinajstić information content (AvgIpc) is 2.30. The molecule has 4 heteroatoms. The molecule has 2 rings (SSSR count). The minimum absolute atomic E-state index is 0.0994. The quantitative estimate of drug-likeness (QED) is 0.833. The van der Waals surface area contributed by atoms with E-state index < -0.39 is 11.6 Å². The molecule has 0 amide bonds. The van der Waals surface area contributed by atoms with E-state index in [1.165, 1.54) is 12.1 Å². The Bertz CT molecular complexity index is 395. The first kappa shape index (κ1) is 13.1. The van der Waals surface area contributed by atoms with Gasteiger partial charge in [0.15, 0.2) is 11.6 Å². The van der Waals surface area contributed by atoms with Gasteiger partial charge in [0, 0.05) is 18.3 Å². The second kappa shape index (κ2) is 5.55. The second-order valence-corrected chi connectivity index (χ2v) is 4.96. The summed E-state index contributed by atoms with van der Waals surface area (Å²) in [5.74, 6) is -1.09. The van der Waals surface area contributed by atoms with Gasteiger partial charge in [-0.3, -0.25) is 0 Å². The van der Waals surface area contributed by atoms with E-state index in [1.54, 1.807) is 0 Å². The van der Waals surface area contributed by atoms with Crippen LogP contribution in [0.2, 0.25) is 0 Å². The Balaban J connectivity index is 2.33. The number of piperidine rings is 1. The van der Waals surface area contributed by atoms with Crippen LogP contribution in [-0.2, 0) is 0 Å². The third kappa shape index (κ3) is 2.57. The summed E-state index contributed by atoms with van der Waals surface area (Å²) < 4.78 is 27.9. The van der Waals surface area contributed by atoms with Gasteiger partial charge in [-0.25, -0.2) is 8.78 Å². The fourth-order valence-corrected chi connectivity index (χ4v) is 2.79. The number of anilines is 2. The van der Waals surface area contributed by atoms with E-state index in [-0.39, 0.29) is 17.4 Å². The molecule has 1 fully saturated rings. The molecule has 1 unspecified atom stereocenters. The molecule has 1 aliphatic heterocycles. The molecule has 2 nitrogen and oxygen atoms in total. The van der Waals surface area contributed by atoms with Gasteiger partial charge in [-0.05, 0) is 37.8 Å². The highest BCUT2D eigenvalue weighted by atomic mass is 19.1. The highest BCUT2D eigenvalue weighted by molar-refractivity contribution is 5.56. The molecule has 1 aromatic carbocycles. The Kier molecular flexibility index (Phi) is 4.04. The van der Waals surface area contributed by atoms with Crippen LogP contribution < -0.4 is 10.6 Å². The van der Waals surface area contributed by atoms with Gasteiger partial charge < -0.3 is 10.6 Å². The summed E-state index contributed by atoms with van der Waals surface area (Å²) in [5.41, 5.74) is 5.69. The van der Waals surface area contributed by atoms with Crippen molar-refractivity contribution in [1.29, 1.82) is 0 Å². The first-order valence-electron chi connectivity index (χ1n) is 6.64. The van der Waals surface area contributed by atoms with Crippen molar-refractivity contribution in [2.45, 2.75) is 45.1 Å². The number of hydrogen-bond donors (Lipinski definition) is 1. The van der Waals surface area contributed by atoms with Crippen LogP contribution in [0.15, 0.2) is 12.1 Å². The van der Waals surface area contributed by atoms with Crippen molar-refractivity contribution in [3.63, 3.8) is 0 Å². The van der Waals surface area contributed by atoms with Crippen molar-refractivity contribution >= 4 is 11.4 Å². The minimum Gasteiger partial charge on any atom is -0.399 e. The molecule has 0 spiro atoms. The highest BCUT2D eigenvalue weighted by Crippen LogP contribution is 2.32. The topological polar surface area (TPSA) is 29.3 Å². The summed E-state index contributed by atoms with van der Waals surface area (Å²) in [6.45, 7) is 2.82. The van der Waals surface area contributed by atoms with Gasteiger partial charge >= 0.3 is 0 Å².